The maximum Gasteiger partial charge on any atom is 0.339 e. The Kier molecular flexibility index (Phi) is 8.16. The molecule has 1 fully saturated rings. The van der Waals surface area contributed by atoms with Gasteiger partial charge in [0.25, 0.3) is 0 Å². The summed E-state index contributed by atoms with van der Waals surface area (Å²) in [6.07, 6.45) is 5.39. The van der Waals surface area contributed by atoms with E-state index in [0.717, 1.165) is 31.2 Å². The van der Waals surface area contributed by atoms with Crippen LogP contribution in [0.3, 0.4) is 0 Å². The number of Topliss-reactive ketones (excluding diaryl/α,β-unsaturated/α-hetero) is 1. The number of rotatable bonds is 7. The molecule has 1 heterocycles. The molecule has 2 aromatic rings. The number of aromatic carboxylic acids is 1. The fourth-order valence-corrected chi connectivity index (χ4v) is 5.09. The van der Waals surface area contributed by atoms with Crippen LogP contribution >= 0.6 is 0 Å². The number of carboxylic acid groups (broad SMARTS) is 1. The van der Waals surface area contributed by atoms with Gasteiger partial charge in [0.2, 0.25) is 5.91 Å². The first-order chi connectivity index (χ1) is 18.0. The summed E-state index contributed by atoms with van der Waals surface area (Å²) in [5, 5.41) is 13.3. The quantitative estimate of drug-likeness (QED) is 0.472. The lowest BCUT2D eigenvalue weighted by Gasteiger charge is -2.33. The molecule has 38 heavy (non-hydrogen) atoms. The van der Waals surface area contributed by atoms with Crippen LogP contribution in [0.5, 0.6) is 0 Å². The first kappa shape index (κ1) is 27.3. The lowest BCUT2D eigenvalue weighted by molar-refractivity contribution is -0.124. The average Bonchev–Trinajstić information content (AvgIpc) is 2.99. The molecular formula is C29H36N4O5. The van der Waals surface area contributed by atoms with Crippen LogP contribution in [0.15, 0.2) is 48.5 Å². The number of nitrogens with one attached hydrogen (secondary N) is 2. The van der Waals surface area contributed by atoms with E-state index in [4.69, 9.17) is 0 Å². The zero-order chi connectivity index (χ0) is 27.4. The van der Waals surface area contributed by atoms with Crippen molar-refractivity contribution < 1.29 is 24.3 Å². The van der Waals surface area contributed by atoms with E-state index in [1.54, 1.807) is 12.1 Å². The molecule has 1 saturated carbocycles. The fourth-order valence-electron chi connectivity index (χ4n) is 5.09. The van der Waals surface area contributed by atoms with E-state index in [9.17, 15) is 24.3 Å². The summed E-state index contributed by atoms with van der Waals surface area (Å²) < 4.78 is 0. The number of ketones is 1. The highest BCUT2D eigenvalue weighted by Gasteiger charge is 2.39. The third-order valence-electron chi connectivity index (χ3n) is 7.27. The number of carboxylic acids is 1. The molecule has 0 saturated heterocycles. The van der Waals surface area contributed by atoms with E-state index in [-0.39, 0.29) is 36.4 Å². The van der Waals surface area contributed by atoms with Crippen molar-refractivity contribution in [2.45, 2.75) is 58.9 Å². The summed E-state index contributed by atoms with van der Waals surface area (Å²) in [4.78, 5) is 52.9. The average molecular weight is 521 g/mol. The number of urea groups is 1. The number of amides is 3. The summed E-state index contributed by atoms with van der Waals surface area (Å²) in [6.45, 7) is 5.04. The smallest absolute Gasteiger partial charge is 0.339 e. The number of carbonyl (C=O) groups is 4. The molecule has 4 rings (SSSR count). The van der Waals surface area contributed by atoms with Gasteiger partial charge in [-0.3, -0.25) is 14.5 Å². The summed E-state index contributed by atoms with van der Waals surface area (Å²) in [5.41, 5.74) is 4.70. The van der Waals surface area contributed by atoms with Gasteiger partial charge < -0.3 is 10.4 Å². The Hall–Kier alpha value is -3.72. The van der Waals surface area contributed by atoms with Gasteiger partial charge in [0, 0.05) is 11.1 Å². The molecule has 0 bridgehead atoms. The number of hydrogen-bond acceptors (Lipinski definition) is 5. The van der Waals surface area contributed by atoms with Crippen LogP contribution in [0.4, 0.5) is 16.2 Å². The van der Waals surface area contributed by atoms with E-state index in [1.165, 1.54) is 28.5 Å². The van der Waals surface area contributed by atoms with Crippen molar-refractivity contribution in [3.8, 4) is 0 Å². The Morgan fingerprint density at radius 3 is 2.39 bits per heavy atom. The molecule has 1 aliphatic heterocycles. The minimum absolute atomic E-state index is 0.0476. The van der Waals surface area contributed by atoms with Crippen molar-refractivity contribution in [2.24, 2.45) is 11.3 Å². The van der Waals surface area contributed by atoms with Crippen molar-refractivity contribution in [1.82, 2.24) is 10.4 Å². The number of para-hydroxylation sites is 1. The summed E-state index contributed by atoms with van der Waals surface area (Å²) >= 11 is 0. The Balaban J connectivity index is 1.65. The number of benzene rings is 2. The number of hydrogen-bond donors (Lipinski definition) is 3. The second-order valence-electron chi connectivity index (χ2n) is 11.1. The Morgan fingerprint density at radius 2 is 1.71 bits per heavy atom. The van der Waals surface area contributed by atoms with Crippen molar-refractivity contribution in [3.05, 3.63) is 59.7 Å². The number of carbonyl (C=O) groups excluding carboxylic acids is 3. The minimum atomic E-state index is -1.10. The number of hydrazine groups is 1. The van der Waals surface area contributed by atoms with E-state index < -0.39 is 23.3 Å². The first-order valence-corrected chi connectivity index (χ1v) is 13.1. The van der Waals surface area contributed by atoms with Crippen LogP contribution < -0.4 is 15.6 Å². The molecule has 2 aliphatic rings. The largest absolute Gasteiger partial charge is 0.478 e. The van der Waals surface area contributed by atoms with E-state index in [0.29, 0.717) is 11.4 Å². The van der Waals surface area contributed by atoms with E-state index >= 15 is 0 Å². The van der Waals surface area contributed by atoms with Crippen molar-refractivity contribution in [1.29, 1.82) is 0 Å². The van der Waals surface area contributed by atoms with Crippen LogP contribution in [0.2, 0.25) is 0 Å². The molecule has 9 heteroatoms. The summed E-state index contributed by atoms with van der Waals surface area (Å²) in [5.74, 6) is -1.40. The van der Waals surface area contributed by atoms with Gasteiger partial charge in [-0.25, -0.2) is 20.0 Å². The Bertz CT molecular complexity index is 1220. The van der Waals surface area contributed by atoms with Gasteiger partial charge in [-0.05, 0) is 48.6 Å². The van der Waals surface area contributed by atoms with Crippen LogP contribution in [0.1, 0.15) is 74.8 Å². The fraction of sp³-hybridized carbons (Fsp3) is 0.448. The molecular weight excluding hydrogens is 484 g/mol. The molecule has 3 N–H and O–H groups in total. The van der Waals surface area contributed by atoms with Gasteiger partial charge >= 0.3 is 12.0 Å². The molecule has 3 amide bonds. The molecule has 2 aromatic carbocycles. The normalized spacial score (nSPS) is 18.5. The SMILES string of the molecule is CC(C)(C)C(=O)CN1C(=O)N(CC(=O)Nc2cccc(C(=O)O)c2)NC(C2CCCCC2)c2ccccc21. The predicted octanol–water partition coefficient (Wildman–Crippen LogP) is 5.01. The highest BCUT2D eigenvalue weighted by atomic mass is 16.4. The van der Waals surface area contributed by atoms with Crippen LogP contribution in [0.25, 0.3) is 0 Å². The standard InChI is InChI=1S/C29H36N4O5/c1-29(2,3)24(34)17-32-23-15-8-7-14-22(23)26(19-10-5-4-6-11-19)31-33(28(32)38)18-25(35)30-21-13-9-12-20(16-21)27(36)37/h7-9,12-16,19,26,31H,4-6,10-11,17-18H2,1-3H3,(H,30,35)(H,36,37). The third kappa shape index (κ3) is 6.22. The maximum atomic E-state index is 13.9. The molecule has 0 spiro atoms. The van der Waals surface area contributed by atoms with Crippen molar-refractivity contribution in [2.75, 3.05) is 23.3 Å². The summed E-state index contributed by atoms with van der Waals surface area (Å²) in [7, 11) is 0. The third-order valence-corrected chi connectivity index (χ3v) is 7.27. The molecule has 9 nitrogen and oxygen atoms in total. The molecule has 1 unspecified atom stereocenters. The van der Waals surface area contributed by atoms with Gasteiger partial charge in [0.1, 0.15) is 6.54 Å². The lowest BCUT2D eigenvalue weighted by atomic mass is 9.81. The second-order valence-corrected chi connectivity index (χ2v) is 11.1. The molecule has 1 aliphatic carbocycles. The minimum Gasteiger partial charge on any atom is -0.478 e. The van der Waals surface area contributed by atoms with Crippen molar-refractivity contribution >= 4 is 35.1 Å². The van der Waals surface area contributed by atoms with Gasteiger partial charge in [0.15, 0.2) is 5.78 Å². The van der Waals surface area contributed by atoms with Crippen LogP contribution in [0, 0.1) is 11.3 Å². The predicted molar refractivity (Wildman–Crippen MR) is 145 cm³/mol. The van der Waals surface area contributed by atoms with Crippen LogP contribution in [-0.4, -0.2) is 46.9 Å². The zero-order valence-electron chi connectivity index (χ0n) is 22.2. The highest BCUT2D eigenvalue weighted by molar-refractivity contribution is 6.03. The lowest BCUT2D eigenvalue weighted by Crippen LogP contribution is -2.54. The molecule has 202 valence electrons. The van der Waals surface area contributed by atoms with Gasteiger partial charge in [-0.2, -0.15) is 0 Å². The van der Waals surface area contributed by atoms with Crippen LogP contribution in [-0.2, 0) is 9.59 Å². The van der Waals surface area contributed by atoms with Gasteiger partial charge in [-0.15, -0.1) is 0 Å². The molecule has 1 atom stereocenters. The maximum absolute atomic E-state index is 13.9. The molecule has 0 radical (unpaired) electrons. The van der Waals surface area contributed by atoms with Gasteiger partial charge in [0.05, 0.1) is 23.8 Å². The number of anilines is 2. The Morgan fingerprint density at radius 1 is 1.00 bits per heavy atom. The highest BCUT2D eigenvalue weighted by Crippen LogP contribution is 2.40. The van der Waals surface area contributed by atoms with Crippen molar-refractivity contribution in [3.63, 3.8) is 0 Å². The number of nitrogens with zero attached hydrogens (tertiary/aromatic N) is 2. The van der Waals surface area contributed by atoms with E-state index in [2.05, 4.69) is 10.7 Å². The monoisotopic (exact) mass is 520 g/mol. The first-order valence-electron chi connectivity index (χ1n) is 13.1. The zero-order valence-corrected chi connectivity index (χ0v) is 22.2. The summed E-state index contributed by atoms with van der Waals surface area (Å²) in [6, 6.07) is 12.9. The second kappa shape index (κ2) is 11.3. The van der Waals surface area contributed by atoms with E-state index in [1.807, 2.05) is 45.0 Å². The van der Waals surface area contributed by atoms with Gasteiger partial charge in [-0.1, -0.05) is 64.3 Å². The number of fused-ring (bicyclic) bond motifs is 1. The topological polar surface area (TPSA) is 119 Å². The Labute approximate surface area is 223 Å². The molecule has 0 aromatic heterocycles.